The number of carbonyl (C=O) groups is 3. The first kappa shape index (κ1) is 27.2. The number of halogens is 3. The molecule has 2 rings (SSSR count). The lowest BCUT2D eigenvalue weighted by Crippen LogP contribution is -2.47. The van der Waals surface area contributed by atoms with E-state index in [0.29, 0.717) is 12.8 Å². The Hall–Kier alpha value is -3.02. The lowest BCUT2D eigenvalue weighted by atomic mass is 10.0. The van der Waals surface area contributed by atoms with E-state index >= 15 is 0 Å². The van der Waals surface area contributed by atoms with Crippen molar-refractivity contribution in [2.45, 2.75) is 50.7 Å². The van der Waals surface area contributed by atoms with Crippen molar-refractivity contribution in [3.63, 3.8) is 0 Å². The smallest absolute Gasteiger partial charge is 0.422 e. The van der Waals surface area contributed by atoms with Crippen molar-refractivity contribution in [3.05, 3.63) is 23.8 Å². The maximum atomic E-state index is 13.3. The van der Waals surface area contributed by atoms with E-state index < -0.39 is 37.1 Å². The SMILES string of the molecule is NC(=O)CCCCOc1ccc(OCC(F)(F)F)c(C(=O)N(CC(=O)O)CC2CCCCN2)c1. The van der Waals surface area contributed by atoms with Crippen LogP contribution in [0, 0.1) is 0 Å². The summed E-state index contributed by atoms with van der Waals surface area (Å²) in [5.41, 5.74) is 4.86. The first-order valence-corrected chi connectivity index (χ1v) is 11.0. The number of unbranched alkanes of at least 4 members (excludes halogenated alkanes) is 1. The van der Waals surface area contributed by atoms with Gasteiger partial charge in [0.25, 0.3) is 5.91 Å². The van der Waals surface area contributed by atoms with Crippen molar-refractivity contribution in [1.29, 1.82) is 0 Å². The van der Waals surface area contributed by atoms with E-state index in [4.69, 9.17) is 15.2 Å². The first-order valence-electron chi connectivity index (χ1n) is 11.0. The minimum atomic E-state index is -4.62. The molecular formula is C22H30F3N3O6. The van der Waals surface area contributed by atoms with Crippen LogP contribution in [0.1, 0.15) is 48.9 Å². The summed E-state index contributed by atoms with van der Waals surface area (Å²) in [7, 11) is 0. The number of piperidine rings is 1. The number of nitrogens with one attached hydrogen (secondary N) is 1. The van der Waals surface area contributed by atoms with Gasteiger partial charge in [0.05, 0.1) is 12.2 Å². The Kier molecular flexibility index (Phi) is 10.4. The Bertz CT molecular complexity index is 844. The number of primary amides is 1. The van der Waals surface area contributed by atoms with E-state index in [9.17, 15) is 32.7 Å². The summed E-state index contributed by atoms with van der Waals surface area (Å²) in [5.74, 6) is -2.58. The second kappa shape index (κ2) is 13.0. The molecule has 0 spiro atoms. The van der Waals surface area contributed by atoms with Gasteiger partial charge in [-0.15, -0.1) is 0 Å². The Labute approximate surface area is 195 Å². The molecule has 1 unspecified atom stereocenters. The summed E-state index contributed by atoms with van der Waals surface area (Å²) in [6.45, 7) is -1.22. The summed E-state index contributed by atoms with van der Waals surface area (Å²) in [4.78, 5) is 36.5. The Morgan fingerprint density at radius 2 is 1.94 bits per heavy atom. The summed E-state index contributed by atoms with van der Waals surface area (Å²) in [6, 6.07) is 3.67. The quantitative estimate of drug-likeness (QED) is 0.363. The Balaban J connectivity index is 2.22. The third-order valence-electron chi connectivity index (χ3n) is 5.13. The molecule has 1 saturated heterocycles. The average Bonchev–Trinajstić information content (AvgIpc) is 2.76. The molecule has 1 aliphatic heterocycles. The molecule has 4 N–H and O–H groups in total. The number of ether oxygens (including phenoxy) is 2. The summed E-state index contributed by atoms with van der Waals surface area (Å²) in [6.07, 6.45) is -0.802. The second-order valence-electron chi connectivity index (χ2n) is 8.06. The Morgan fingerprint density at radius 3 is 2.56 bits per heavy atom. The monoisotopic (exact) mass is 489 g/mol. The zero-order valence-corrected chi connectivity index (χ0v) is 18.7. The number of amides is 2. The number of hydrogen-bond acceptors (Lipinski definition) is 6. The summed E-state index contributed by atoms with van der Waals surface area (Å²) < 4.78 is 48.6. The standard InChI is InChI=1S/C22H30F3N3O6/c23-22(24,25)14-34-18-8-7-16(33-10-4-2-6-19(26)29)11-17(18)21(32)28(13-20(30)31)12-15-5-1-3-9-27-15/h7-8,11,15,27H,1-6,9-10,12-14H2,(H2,26,29)(H,30,31). The number of aliphatic carboxylic acids is 1. The van der Waals surface area contributed by atoms with Crippen LogP contribution in [0.4, 0.5) is 13.2 Å². The molecule has 0 radical (unpaired) electrons. The minimum absolute atomic E-state index is 0.0854. The summed E-state index contributed by atoms with van der Waals surface area (Å²) >= 11 is 0. The van der Waals surface area contributed by atoms with Crippen LogP contribution >= 0.6 is 0 Å². The van der Waals surface area contributed by atoms with Gasteiger partial charge in [-0.25, -0.2) is 0 Å². The van der Waals surface area contributed by atoms with E-state index in [1.165, 1.54) is 18.2 Å². The highest BCUT2D eigenvalue weighted by atomic mass is 19.4. The molecule has 1 heterocycles. The number of carboxylic acids is 1. The van der Waals surface area contributed by atoms with Crippen LogP contribution in [0.15, 0.2) is 18.2 Å². The highest BCUT2D eigenvalue weighted by Crippen LogP contribution is 2.28. The number of rotatable bonds is 13. The molecule has 1 aliphatic rings. The molecule has 0 aromatic heterocycles. The highest BCUT2D eigenvalue weighted by molar-refractivity contribution is 5.98. The molecule has 1 fully saturated rings. The molecule has 2 amide bonds. The fourth-order valence-corrected chi connectivity index (χ4v) is 3.54. The van der Waals surface area contributed by atoms with Crippen LogP contribution in [-0.2, 0) is 9.59 Å². The zero-order chi connectivity index (χ0) is 25.1. The van der Waals surface area contributed by atoms with Crippen molar-refractivity contribution in [2.24, 2.45) is 5.73 Å². The molecule has 34 heavy (non-hydrogen) atoms. The van der Waals surface area contributed by atoms with Crippen LogP contribution < -0.4 is 20.5 Å². The molecular weight excluding hydrogens is 459 g/mol. The number of carbonyl (C=O) groups excluding carboxylic acids is 2. The molecule has 1 aromatic carbocycles. The number of nitrogens with two attached hydrogens (primary N) is 1. The van der Waals surface area contributed by atoms with Gasteiger partial charge < -0.3 is 30.5 Å². The van der Waals surface area contributed by atoms with Gasteiger partial charge in [-0.05, 0) is 50.4 Å². The van der Waals surface area contributed by atoms with Gasteiger partial charge in [0.1, 0.15) is 18.0 Å². The fraction of sp³-hybridized carbons (Fsp3) is 0.591. The number of carboxylic acid groups (broad SMARTS) is 1. The maximum Gasteiger partial charge on any atom is 0.422 e. The zero-order valence-electron chi connectivity index (χ0n) is 18.7. The third kappa shape index (κ3) is 9.86. The third-order valence-corrected chi connectivity index (χ3v) is 5.13. The van der Waals surface area contributed by atoms with E-state index in [1.54, 1.807) is 0 Å². The number of hydrogen-bond donors (Lipinski definition) is 3. The largest absolute Gasteiger partial charge is 0.494 e. The predicted molar refractivity (Wildman–Crippen MR) is 116 cm³/mol. The van der Waals surface area contributed by atoms with Crippen LogP contribution in [0.3, 0.4) is 0 Å². The van der Waals surface area contributed by atoms with Crippen molar-refractivity contribution in [1.82, 2.24) is 10.2 Å². The Morgan fingerprint density at radius 1 is 1.18 bits per heavy atom. The lowest BCUT2D eigenvalue weighted by molar-refractivity contribution is -0.153. The molecule has 0 bridgehead atoms. The predicted octanol–water partition coefficient (Wildman–Crippen LogP) is 2.33. The molecule has 9 nitrogen and oxygen atoms in total. The topological polar surface area (TPSA) is 131 Å². The molecule has 1 atom stereocenters. The van der Waals surface area contributed by atoms with Crippen molar-refractivity contribution < 1.29 is 42.1 Å². The molecule has 0 saturated carbocycles. The normalized spacial score (nSPS) is 16.0. The van der Waals surface area contributed by atoms with Gasteiger partial charge in [-0.1, -0.05) is 6.42 Å². The number of benzene rings is 1. The minimum Gasteiger partial charge on any atom is -0.494 e. The van der Waals surface area contributed by atoms with Crippen LogP contribution in [0.5, 0.6) is 11.5 Å². The molecule has 0 aliphatic carbocycles. The van der Waals surface area contributed by atoms with E-state index in [0.717, 1.165) is 30.7 Å². The fourth-order valence-electron chi connectivity index (χ4n) is 3.54. The maximum absolute atomic E-state index is 13.3. The lowest BCUT2D eigenvalue weighted by Gasteiger charge is -2.30. The van der Waals surface area contributed by atoms with Crippen molar-refractivity contribution in [2.75, 3.05) is 32.8 Å². The molecule has 1 aromatic rings. The van der Waals surface area contributed by atoms with Crippen LogP contribution in [-0.4, -0.2) is 72.9 Å². The van der Waals surface area contributed by atoms with E-state index in [2.05, 4.69) is 5.32 Å². The van der Waals surface area contributed by atoms with Gasteiger partial charge in [-0.2, -0.15) is 13.2 Å². The number of alkyl halides is 3. The van der Waals surface area contributed by atoms with Gasteiger partial charge in [-0.3, -0.25) is 14.4 Å². The van der Waals surface area contributed by atoms with Gasteiger partial charge in [0, 0.05) is 19.0 Å². The van der Waals surface area contributed by atoms with Crippen LogP contribution in [0.2, 0.25) is 0 Å². The van der Waals surface area contributed by atoms with Gasteiger partial charge >= 0.3 is 12.1 Å². The number of nitrogens with zero attached hydrogens (tertiary/aromatic N) is 1. The highest BCUT2D eigenvalue weighted by Gasteiger charge is 2.31. The van der Waals surface area contributed by atoms with E-state index in [1.807, 2.05) is 0 Å². The van der Waals surface area contributed by atoms with E-state index in [-0.39, 0.29) is 42.7 Å². The first-order chi connectivity index (χ1) is 16.0. The average molecular weight is 489 g/mol. The summed E-state index contributed by atoms with van der Waals surface area (Å²) in [5, 5.41) is 12.5. The van der Waals surface area contributed by atoms with Crippen molar-refractivity contribution in [3.8, 4) is 11.5 Å². The van der Waals surface area contributed by atoms with Gasteiger partial charge in [0.15, 0.2) is 6.61 Å². The molecule has 12 heteroatoms. The van der Waals surface area contributed by atoms with Gasteiger partial charge in [0.2, 0.25) is 5.91 Å². The van der Waals surface area contributed by atoms with Crippen LogP contribution in [0.25, 0.3) is 0 Å². The van der Waals surface area contributed by atoms with Crippen molar-refractivity contribution >= 4 is 17.8 Å². The second-order valence-corrected chi connectivity index (χ2v) is 8.06. The molecule has 190 valence electrons.